The van der Waals surface area contributed by atoms with E-state index in [1.54, 1.807) is 38.0 Å². The SMILES string of the molecule is COc1ccccc1NC(=O)CSc1nc2ccsc2c(=O)n1CCCCCC(=O)NCCc1ccc(OC)c(OC)c1. The number of hydrogen-bond acceptors (Lipinski definition) is 9. The molecule has 0 aliphatic rings. The molecule has 0 saturated heterocycles. The number of ether oxygens (including phenoxy) is 3. The zero-order chi connectivity index (χ0) is 30.6. The van der Waals surface area contributed by atoms with Gasteiger partial charge in [0.1, 0.15) is 10.4 Å². The fourth-order valence-corrected chi connectivity index (χ4v) is 6.10. The second-order valence-electron chi connectivity index (χ2n) is 9.62. The van der Waals surface area contributed by atoms with Crippen LogP contribution in [0.25, 0.3) is 10.2 Å². The molecule has 0 saturated carbocycles. The second-order valence-corrected chi connectivity index (χ2v) is 11.5. The lowest BCUT2D eigenvalue weighted by molar-refractivity contribution is -0.121. The van der Waals surface area contributed by atoms with Crippen molar-refractivity contribution >= 4 is 50.8 Å². The molecule has 2 heterocycles. The van der Waals surface area contributed by atoms with Gasteiger partial charge in [0.05, 0.1) is 38.3 Å². The Kier molecular flexibility index (Phi) is 11.9. The Morgan fingerprint density at radius 2 is 1.72 bits per heavy atom. The molecule has 228 valence electrons. The van der Waals surface area contributed by atoms with Crippen LogP contribution in [0.5, 0.6) is 17.2 Å². The number of thioether (sulfide) groups is 1. The molecule has 12 heteroatoms. The lowest BCUT2D eigenvalue weighted by Crippen LogP contribution is -2.25. The van der Waals surface area contributed by atoms with E-state index in [1.807, 2.05) is 41.8 Å². The molecule has 2 aromatic carbocycles. The minimum absolute atomic E-state index is 0.00313. The number of carbonyl (C=O) groups excluding carboxylic acids is 2. The Balaban J connectivity index is 1.25. The molecule has 0 unspecified atom stereocenters. The molecule has 0 bridgehead atoms. The van der Waals surface area contributed by atoms with E-state index in [-0.39, 0.29) is 23.1 Å². The van der Waals surface area contributed by atoms with E-state index in [2.05, 4.69) is 15.6 Å². The Morgan fingerprint density at radius 3 is 2.51 bits per heavy atom. The maximum atomic E-state index is 13.2. The number of anilines is 1. The highest BCUT2D eigenvalue weighted by Crippen LogP contribution is 2.28. The summed E-state index contributed by atoms with van der Waals surface area (Å²) in [7, 11) is 4.74. The van der Waals surface area contributed by atoms with Crippen LogP contribution in [0.3, 0.4) is 0 Å². The lowest BCUT2D eigenvalue weighted by Gasteiger charge is -2.13. The monoisotopic (exact) mass is 624 g/mol. The predicted octanol–water partition coefficient (Wildman–Crippen LogP) is 5.13. The third-order valence-electron chi connectivity index (χ3n) is 6.71. The van der Waals surface area contributed by atoms with E-state index in [9.17, 15) is 14.4 Å². The summed E-state index contributed by atoms with van der Waals surface area (Å²) in [6, 6.07) is 14.7. The highest BCUT2D eigenvalue weighted by atomic mass is 32.2. The largest absolute Gasteiger partial charge is 0.495 e. The first kappa shape index (κ1) is 31.9. The minimum Gasteiger partial charge on any atom is -0.495 e. The van der Waals surface area contributed by atoms with Crippen LogP contribution in [0, 0.1) is 0 Å². The number of para-hydroxylation sites is 2. The predicted molar refractivity (Wildman–Crippen MR) is 171 cm³/mol. The topological polar surface area (TPSA) is 121 Å². The quantitative estimate of drug-likeness (QED) is 0.1000. The van der Waals surface area contributed by atoms with Gasteiger partial charge in [0.2, 0.25) is 11.8 Å². The zero-order valence-corrected chi connectivity index (χ0v) is 26.1. The van der Waals surface area contributed by atoms with Crippen molar-refractivity contribution in [2.24, 2.45) is 0 Å². The molecule has 0 spiro atoms. The summed E-state index contributed by atoms with van der Waals surface area (Å²) < 4.78 is 18.1. The number of rotatable bonds is 16. The van der Waals surface area contributed by atoms with E-state index in [1.165, 1.54) is 23.1 Å². The summed E-state index contributed by atoms with van der Waals surface area (Å²) in [6.07, 6.45) is 3.28. The summed E-state index contributed by atoms with van der Waals surface area (Å²) in [5.41, 5.74) is 2.15. The second kappa shape index (κ2) is 16.0. The highest BCUT2D eigenvalue weighted by Gasteiger charge is 2.15. The number of unbranched alkanes of at least 4 members (excludes halogenated alkanes) is 2. The molecule has 0 atom stereocenters. The van der Waals surface area contributed by atoms with Crippen molar-refractivity contribution in [1.29, 1.82) is 0 Å². The number of nitrogens with one attached hydrogen (secondary N) is 2. The van der Waals surface area contributed by atoms with Gasteiger partial charge in [-0.1, -0.05) is 36.4 Å². The van der Waals surface area contributed by atoms with E-state index in [0.29, 0.717) is 77.1 Å². The number of aromatic nitrogens is 2. The number of fused-ring (bicyclic) bond motifs is 1. The summed E-state index contributed by atoms with van der Waals surface area (Å²) in [5.74, 6) is 1.76. The first-order chi connectivity index (χ1) is 20.9. The van der Waals surface area contributed by atoms with Crippen molar-refractivity contribution in [2.75, 3.05) is 38.9 Å². The normalized spacial score (nSPS) is 10.9. The van der Waals surface area contributed by atoms with Crippen LogP contribution in [-0.4, -0.2) is 55.0 Å². The molecule has 0 radical (unpaired) electrons. The first-order valence-electron chi connectivity index (χ1n) is 13.9. The maximum Gasteiger partial charge on any atom is 0.272 e. The van der Waals surface area contributed by atoms with Gasteiger partial charge < -0.3 is 24.8 Å². The fraction of sp³-hybridized carbons (Fsp3) is 0.355. The van der Waals surface area contributed by atoms with Gasteiger partial charge >= 0.3 is 0 Å². The Bertz CT molecular complexity index is 1600. The number of thiophene rings is 1. The molecule has 4 rings (SSSR count). The number of hydrogen-bond donors (Lipinski definition) is 2. The average molecular weight is 625 g/mol. The summed E-state index contributed by atoms with van der Waals surface area (Å²) in [6.45, 7) is 0.985. The van der Waals surface area contributed by atoms with Gasteiger partial charge in [-0.2, -0.15) is 0 Å². The lowest BCUT2D eigenvalue weighted by atomic mass is 10.1. The van der Waals surface area contributed by atoms with Gasteiger partial charge in [-0.15, -0.1) is 11.3 Å². The molecular weight excluding hydrogens is 588 g/mol. The van der Waals surface area contributed by atoms with Crippen LogP contribution in [0.2, 0.25) is 0 Å². The zero-order valence-electron chi connectivity index (χ0n) is 24.5. The van der Waals surface area contributed by atoms with Gasteiger partial charge in [-0.05, 0) is 60.5 Å². The van der Waals surface area contributed by atoms with Gasteiger partial charge in [-0.25, -0.2) is 4.98 Å². The summed E-state index contributed by atoms with van der Waals surface area (Å²) >= 11 is 2.59. The minimum atomic E-state index is -0.224. The van der Waals surface area contributed by atoms with Crippen molar-refractivity contribution in [1.82, 2.24) is 14.9 Å². The fourth-order valence-electron chi connectivity index (χ4n) is 4.50. The summed E-state index contributed by atoms with van der Waals surface area (Å²) in [5, 5.41) is 8.17. The Labute approximate surface area is 258 Å². The average Bonchev–Trinajstić information content (AvgIpc) is 3.50. The molecule has 2 amide bonds. The molecule has 0 fully saturated rings. The Hall–Kier alpha value is -4.03. The molecular formula is C31H36N4O6S2. The van der Waals surface area contributed by atoms with Crippen LogP contribution in [0.15, 0.2) is 63.9 Å². The van der Waals surface area contributed by atoms with Gasteiger partial charge in [0.25, 0.3) is 5.56 Å². The standard InChI is InChI=1S/C31H36N4O6S2/c1-39-24-10-7-6-9-22(24)33-28(37)20-43-31-34-23-15-18-42-29(23)30(38)35(31)17-8-4-5-11-27(36)32-16-14-21-12-13-25(40-2)26(19-21)41-3/h6-7,9-10,12-13,15,18-19H,4-5,8,11,14,16-17,20H2,1-3H3,(H,32,36)(H,33,37). The van der Waals surface area contributed by atoms with Crippen LogP contribution in [0.4, 0.5) is 5.69 Å². The number of carbonyl (C=O) groups is 2. The van der Waals surface area contributed by atoms with Crippen LogP contribution < -0.4 is 30.4 Å². The number of methoxy groups -OCH3 is 3. The van der Waals surface area contributed by atoms with Crippen molar-refractivity contribution in [3.05, 3.63) is 69.8 Å². The smallest absolute Gasteiger partial charge is 0.272 e. The number of amides is 2. The van der Waals surface area contributed by atoms with Crippen molar-refractivity contribution in [2.45, 2.75) is 43.8 Å². The van der Waals surface area contributed by atoms with E-state index in [4.69, 9.17) is 14.2 Å². The molecule has 10 nitrogen and oxygen atoms in total. The van der Waals surface area contributed by atoms with Crippen molar-refractivity contribution < 1.29 is 23.8 Å². The van der Waals surface area contributed by atoms with Crippen LogP contribution in [0.1, 0.15) is 31.2 Å². The van der Waals surface area contributed by atoms with E-state index >= 15 is 0 Å². The molecule has 2 aromatic heterocycles. The van der Waals surface area contributed by atoms with Gasteiger partial charge in [-0.3, -0.25) is 19.0 Å². The number of nitrogens with zero attached hydrogens (tertiary/aromatic N) is 2. The summed E-state index contributed by atoms with van der Waals surface area (Å²) in [4.78, 5) is 43.0. The first-order valence-corrected chi connectivity index (χ1v) is 15.8. The molecule has 2 N–H and O–H groups in total. The van der Waals surface area contributed by atoms with Crippen LogP contribution in [-0.2, 0) is 22.6 Å². The van der Waals surface area contributed by atoms with Gasteiger partial charge in [0, 0.05) is 19.5 Å². The van der Waals surface area contributed by atoms with Crippen molar-refractivity contribution in [3.63, 3.8) is 0 Å². The van der Waals surface area contributed by atoms with Crippen molar-refractivity contribution in [3.8, 4) is 17.2 Å². The van der Waals surface area contributed by atoms with Gasteiger partial charge in [0.15, 0.2) is 16.7 Å². The third-order valence-corrected chi connectivity index (χ3v) is 8.58. The molecule has 0 aliphatic heterocycles. The maximum absolute atomic E-state index is 13.2. The molecule has 4 aromatic rings. The third kappa shape index (κ3) is 8.74. The molecule has 0 aliphatic carbocycles. The highest BCUT2D eigenvalue weighted by molar-refractivity contribution is 7.99. The van der Waals surface area contributed by atoms with E-state index in [0.717, 1.165) is 12.0 Å². The Morgan fingerprint density at radius 1 is 0.930 bits per heavy atom. The number of benzene rings is 2. The van der Waals surface area contributed by atoms with E-state index < -0.39 is 0 Å². The van der Waals surface area contributed by atoms with Crippen LogP contribution >= 0.6 is 23.1 Å². The molecule has 43 heavy (non-hydrogen) atoms.